The first-order chi connectivity index (χ1) is 18.6. The average Bonchev–Trinajstić information content (AvgIpc) is 2.91. The number of hydroxylamine groups is 1. The molecule has 0 fully saturated rings. The molecule has 1 aliphatic rings. The maximum absolute atomic E-state index is 13.7. The fraction of sp³-hybridized carbons (Fsp3) is 0.300. The molecule has 1 N–H and O–H groups in total. The topological polar surface area (TPSA) is 94.2 Å². The Kier molecular flexibility index (Phi) is 8.93. The monoisotopic (exact) mass is 548 g/mol. The third-order valence-corrected chi connectivity index (χ3v) is 6.92. The first kappa shape index (κ1) is 28.2. The van der Waals surface area contributed by atoms with Crippen LogP contribution in [0.5, 0.6) is 11.5 Å². The molecule has 3 aromatic carbocycles. The van der Waals surface area contributed by atoms with Gasteiger partial charge in [0.1, 0.15) is 18.0 Å². The first-order valence-corrected chi connectivity index (χ1v) is 13.6. The van der Waals surface area contributed by atoms with Gasteiger partial charge < -0.3 is 14.4 Å². The van der Waals surface area contributed by atoms with Crippen molar-refractivity contribution in [1.29, 1.82) is 0 Å². The summed E-state index contributed by atoms with van der Waals surface area (Å²) in [5.41, 5.74) is 3.59. The second-order valence-electron chi connectivity index (χ2n) is 9.94. The van der Waals surface area contributed by atoms with Crippen molar-refractivity contribution >= 4 is 35.2 Å². The average molecular weight is 549 g/mol. The Morgan fingerprint density at radius 3 is 2.33 bits per heavy atom. The minimum Gasteiger partial charge on any atom is -0.462 e. The van der Waals surface area contributed by atoms with E-state index in [-0.39, 0.29) is 19.1 Å². The summed E-state index contributed by atoms with van der Waals surface area (Å²) in [7, 11) is 0. The number of para-hydroxylation sites is 1. The summed E-state index contributed by atoms with van der Waals surface area (Å²) in [6, 6.07) is 22.2. The molecule has 1 atom stereocenters. The van der Waals surface area contributed by atoms with Gasteiger partial charge in [-0.25, -0.2) is 10.3 Å². The van der Waals surface area contributed by atoms with Gasteiger partial charge >= 0.3 is 5.97 Å². The van der Waals surface area contributed by atoms with Gasteiger partial charge in [-0.3, -0.25) is 14.4 Å². The number of amides is 2. The molecule has 0 saturated heterocycles. The van der Waals surface area contributed by atoms with Gasteiger partial charge in [0, 0.05) is 4.90 Å². The van der Waals surface area contributed by atoms with Crippen molar-refractivity contribution < 1.29 is 28.7 Å². The molecule has 1 heterocycles. The lowest BCUT2D eigenvalue weighted by Gasteiger charge is -2.34. The summed E-state index contributed by atoms with van der Waals surface area (Å²) in [6.45, 7) is 7.13. The maximum atomic E-state index is 13.7. The van der Waals surface area contributed by atoms with Crippen molar-refractivity contribution in [3.63, 3.8) is 0 Å². The number of rotatable bonds is 9. The zero-order valence-electron chi connectivity index (χ0n) is 22.4. The second kappa shape index (κ2) is 12.4. The highest BCUT2D eigenvalue weighted by molar-refractivity contribution is 8.01. The van der Waals surface area contributed by atoms with Crippen LogP contribution in [0.2, 0.25) is 0 Å². The van der Waals surface area contributed by atoms with Crippen LogP contribution in [0.25, 0.3) is 0 Å². The van der Waals surface area contributed by atoms with E-state index in [1.165, 1.54) is 16.7 Å². The van der Waals surface area contributed by atoms with Crippen LogP contribution < -0.4 is 15.1 Å². The van der Waals surface area contributed by atoms with Crippen molar-refractivity contribution in [3.05, 3.63) is 83.9 Å². The molecule has 0 radical (unpaired) electrons. The second-order valence-corrected chi connectivity index (χ2v) is 11.2. The van der Waals surface area contributed by atoms with Crippen LogP contribution in [0, 0.1) is 0 Å². The number of carbonyl (C=O) groups is 3. The standard InChI is InChI=1S/C30H32N2O6S/c1-5-36-29(35)21-13-16-25-24(18-21)32(19-27(33)31-38-30(2,3)4)28(34)26(39-25)17-20-11-14-23(15-12-20)37-22-9-7-6-8-10-22/h6-16,18,26H,5,17,19H2,1-4H3,(H,31,33). The molecule has 8 nitrogen and oxygen atoms in total. The molecular weight excluding hydrogens is 516 g/mol. The molecule has 4 rings (SSSR count). The van der Waals surface area contributed by atoms with Gasteiger partial charge in [0.15, 0.2) is 0 Å². The third kappa shape index (κ3) is 7.61. The Bertz CT molecular complexity index is 1320. The van der Waals surface area contributed by atoms with E-state index >= 15 is 0 Å². The Labute approximate surface area is 232 Å². The van der Waals surface area contributed by atoms with Gasteiger partial charge in [-0.2, -0.15) is 0 Å². The highest BCUT2D eigenvalue weighted by atomic mass is 32.2. The Balaban J connectivity index is 1.54. The van der Waals surface area contributed by atoms with Gasteiger partial charge in [-0.15, -0.1) is 11.8 Å². The predicted molar refractivity (Wildman–Crippen MR) is 150 cm³/mol. The molecule has 0 saturated carbocycles. The van der Waals surface area contributed by atoms with E-state index in [1.54, 1.807) is 25.1 Å². The lowest BCUT2D eigenvalue weighted by Crippen LogP contribution is -2.48. The SMILES string of the molecule is CCOC(=O)c1ccc2c(c1)N(CC(=O)NOC(C)(C)C)C(=O)C(Cc1ccc(Oc3ccccc3)cc1)S2. The highest BCUT2D eigenvalue weighted by Gasteiger charge is 2.35. The lowest BCUT2D eigenvalue weighted by molar-refractivity contribution is -0.144. The van der Waals surface area contributed by atoms with Crippen LogP contribution in [-0.2, 0) is 25.6 Å². The van der Waals surface area contributed by atoms with Crippen LogP contribution in [0.1, 0.15) is 43.6 Å². The minimum absolute atomic E-state index is 0.232. The fourth-order valence-corrected chi connectivity index (χ4v) is 5.12. The molecule has 9 heteroatoms. The number of thioether (sulfide) groups is 1. The van der Waals surface area contributed by atoms with E-state index in [2.05, 4.69) is 5.48 Å². The lowest BCUT2D eigenvalue weighted by atomic mass is 10.1. The smallest absolute Gasteiger partial charge is 0.338 e. The number of benzene rings is 3. The molecule has 204 valence electrons. The van der Waals surface area contributed by atoms with Crippen LogP contribution in [0.15, 0.2) is 77.7 Å². The zero-order chi connectivity index (χ0) is 28.0. The van der Waals surface area contributed by atoms with E-state index in [0.29, 0.717) is 23.4 Å². The van der Waals surface area contributed by atoms with Gasteiger partial charge in [0.05, 0.1) is 28.7 Å². The van der Waals surface area contributed by atoms with Crippen molar-refractivity contribution in [2.45, 2.75) is 49.9 Å². The van der Waals surface area contributed by atoms with E-state index in [4.69, 9.17) is 14.3 Å². The molecular formula is C30H32N2O6S. The van der Waals surface area contributed by atoms with Crippen LogP contribution >= 0.6 is 11.8 Å². The van der Waals surface area contributed by atoms with E-state index < -0.39 is 22.7 Å². The number of nitrogens with zero attached hydrogens (tertiary/aromatic N) is 1. The van der Waals surface area contributed by atoms with Crippen LogP contribution in [-0.4, -0.2) is 41.8 Å². The summed E-state index contributed by atoms with van der Waals surface area (Å²) >= 11 is 1.41. The van der Waals surface area contributed by atoms with Crippen molar-refractivity contribution in [1.82, 2.24) is 5.48 Å². The van der Waals surface area contributed by atoms with E-state index in [1.807, 2.05) is 75.4 Å². The molecule has 0 aliphatic carbocycles. The number of ether oxygens (including phenoxy) is 2. The van der Waals surface area contributed by atoms with E-state index in [9.17, 15) is 14.4 Å². The molecule has 1 unspecified atom stereocenters. The van der Waals surface area contributed by atoms with Crippen molar-refractivity contribution in [2.75, 3.05) is 18.1 Å². The Hall–Kier alpha value is -3.82. The number of fused-ring (bicyclic) bond motifs is 1. The summed E-state index contributed by atoms with van der Waals surface area (Å²) in [5, 5.41) is -0.469. The molecule has 3 aromatic rings. The fourth-order valence-electron chi connectivity index (χ4n) is 3.88. The molecule has 0 bridgehead atoms. The summed E-state index contributed by atoms with van der Waals surface area (Å²) in [6.07, 6.45) is 0.449. The molecule has 0 aromatic heterocycles. The third-order valence-electron chi connectivity index (χ3n) is 5.67. The Morgan fingerprint density at radius 2 is 1.67 bits per heavy atom. The summed E-state index contributed by atoms with van der Waals surface area (Å²) in [4.78, 5) is 46.4. The van der Waals surface area contributed by atoms with Gasteiger partial charge in [-0.1, -0.05) is 30.3 Å². The maximum Gasteiger partial charge on any atom is 0.338 e. The van der Waals surface area contributed by atoms with Crippen LogP contribution in [0.4, 0.5) is 5.69 Å². The predicted octanol–water partition coefficient (Wildman–Crippen LogP) is 5.55. The van der Waals surface area contributed by atoms with Gasteiger partial charge in [0.2, 0.25) is 5.91 Å². The molecule has 0 spiro atoms. The highest BCUT2D eigenvalue weighted by Crippen LogP contribution is 2.41. The van der Waals surface area contributed by atoms with Gasteiger partial charge in [-0.05, 0) is 82.1 Å². The summed E-state index contributed by atoms with van der Waals surface area (Å²) in [5.74, 6) is 0.244. The summed E-state index contributed by atoms with van der Waals surface area (Å²) < 4.78 is 11.0. The number of hydrogen-bond donors (Lipinski definition) is 1. The number of esters is 1. The molecule has 39 heavy (non-hydrogen) atoms. The number of carbonyl (C=O) groups excluding carboxylic acids is 3. The molecule has 2 amide bonds. The van der Waals surface area contributed by atoms with Crippen molar-refractivity contribution in [2.24, 2.45) is 0 Å². The van der Waals surface area contributed by atoms with Crippen molar-refractivity contribution in [3.8, 4) is 11.5 Å². The number of hydrogen-bond acceptors (Lipinski definition) is 7. The zero-order valence-corrected chi connectivity index (χ0v) is 23.2. The minimum atomic E-state index is -0.592. The largest absolute Gasteiger partial charge is 0.462 e. The quantitative estimate of drug-likeness (QED) is 0.277. The Morgan fingerprint density at radius 1 is 0.974 bits per heavy atom. The number of nitrogens with one attached hydrogen (secondary N) is 1. The number of anilines is 1. The van der Waals surface area contributed by atoms with Gasteiger partial charge in [0.25, 0.3) is 5.91 Å². The van der Waals surface area contributed by atoms with Crippen LogP contribution in [0.3, 0.4) is 0 Å². The van der Waals surface area contributed by atoms with E-state index in [0.717, 1.165) is 16.2 Å². The first-order valence-electron chi connectivity index (χ1n) is 12.7. The normalized spacial score (nSPS) is 14.9. The molecule has 1 aliphatic heterocycles.